The van der Waals surface area contributed by atoms with E-state index in [9.17, 15) is 9.59 Å². The molecule has 2 aromatic rings. The minimum atomic E-state index is -0.147. The van der Waals surface area contributed by atoms with Gasteiger partial charge >= 0.3 is 0 Å². The number of amides is 1. The number of halogens is 2. The first-order valence-corrected chi connectivity index (χ1v) is 9.27. The lowest BCUT2D eigenvalue weighted by Crippen LogP contribution is -2.30. The van der Waals surface area contributed by atoms with Crippen LogP contribution < -0.4 is 4.90 Å². The van der Waals surface area contributed by atoms with Crippen molar-refractivity contribution in [2.75, 3.05) is 4.90 Å². The van der Waals surface area contributed by atoms with Crippen LogP contribution >= 0.6 is 27.5 Å². The summed E-state index contributed by atoms with van der Waals surface area (Å²) in [6, 6.07) is 11.4. The van der Waals surface area contributed by atoms with Crippen molar-refractivity contribution in [3.8, 4) is 0 Å². The van der Waals surface area contributed by atoms with Crippen LogP contribution in [0.25, 0.3) is 10.6 Å². The highest BCUT2D eigenvalue weighted by Crippen LogP contribution is 2.39. The maximum Gasteiger partial charge on any atom is 0.231 e. The SMILES string of the molecule is C=Cc1cc(CN2C(=O)CC(C=O)=C(Br)c3ccc(Cl)cc32)ccc1C. The molecule has 1 heterocycles. The lowest BCUT2D eigenvalue weighted by atomic mass is 10.0. The zero-order chi connectivity index (χ0) is 18.8. The molecule has 1 aliphatic rings. The van der Waals surface area contributed by atoms with Crippen molar-refractivity contribution in [3.63, 3.8) is 0 Å². The van der Waals surface area contributed by atoms with Gasteiger partial charge in [-0.2, -0.15) is 0 Å². The maximum absolute atomic E-state index is 12.9. The van der Waals surface area contributed by atoms with Crippen molar-refractivity contribution in [3.05, 3.63) is 75.8 Å². The van der Waals surface area contributed by atoms with Crippen LogP contribution in [0.1, 0.15) is 28.7 Å². The van der Waals surface area contributed by atoms with E-state index in [1.807, 2.05) is 31.2 Å². The molecule has 2 aromatic carbocycles. The van der Waals surface area contributed by atoms with Gasteiger partial charge < -0.3 is 4.90 Å². The highest BCUT2D eigenvalue weighted by atomic mass is 79.9. The van der Waals surface area contributed by atoms with Gasteiger partial charge in [-0.25, -0.2) is 0 Å². The second-order valence-corrected chi connectivity index (χ2v) is 7.40. The first-order chi connectivity index (χ1) is 12.4. The zero-order valence-corrected chi connectivity index (χ0v) is 16.6. The molecule has 0 unspecified atom stereocenters. The fourth-order valence-corrected chi connectivity index (χ4v) is 3.75. The largest absolute Gasteiger partial charge is 0.307 e. The van der Waals surface area contributed by atoms with Gasteiger partial charge in [-0.3, -0.25) is 9.59 Å². The number of anilines is 1. The molecule has 5 heteroatoms. The number of benzene rings is 2. The van der Waals surface area contributed by atoms with Gasteiger partial charge in [0.25, 0.3) is 0 Å². The number of carbonyl (C=O) groups is 2. The summed E-state index contributed by atoms with van der Waals surface area (Å²) in [5, 5.41) is 0.534. The van der Waals surface area contributed by atoms with Gasteiger partial charge in [-0.15, -0.1) is 0 Å². The van der Waals surface area contributed by atoms with Crippen molar-refractivity contribution < 1.29 is 9.59 Å². The number of carbonyl (C=O) groups excluding carboxylic acids is 2. The summed E-state index contributed by atoms with van der Waals surface area (Å²) in [4.78, 5) is 26.0. The van der Waals surface area contributed by atoms with Crippen molar-refractivity contribution >= 4 is 56.0 Å². The van der Waals surface area contributed by atoms with E-state index in [0.29, 0.717) is 27.3 Å². The van der Waals surface area contributed by atoms with Crippen LogP contribution in [0.4, 0.5) is 5.69 Å². The number of rotatable bonds is 4. The van der Waals surface area contributed by atoms with Crippen LogP contribution in [-0.4, -0.2) is 12.2 Å². The summed E-state index contributed by atoms with van der Waals surface area (Å²) < 4.78 is 0.630. The summed E-state index contributed by atoms with van der Waals surface area (Å²) in [5.74, 6) is -0.147. The average Bonchev–Trinajstić information content (AvgIpc) is 2.73. The number of aldehydes is 1. The van der Waals surface area contributed by atoms with Crippen LogP contribution in [-0.2, 0) is 16.1 Å². The standard InChI is InChI=1S/C21H17BrClNO2/c1-3-15-8-14(5-4-13(15)2)11-24-19-10-17(23)6-7-18(19)21(22)16(12-25)9-20(24)26/h3-8,10,12H,1,9,11H2,2H3. The highest BCUT2D eigenvalue weighted by molar-refractivity contribution is 9.15. The van der Waals surface area contributed by atoms with E-state index >= 15 is 0 Å². The van der Waals surface area contributed by atoms with Gasteiger partial charge in [-0.05, 0) is 57.7 Å². The molecule has 3 rings (SSSR count). The quantitative estimate of drug-likeness (QED) is 0.598. The van der Waals surface area contributed by atoms with Crippen molar-refractivity contribution in [1.29, 1.82) is 0 Å². The van der Waals surface area contributed by atoms with E-state index in [-0.39, 0.29) is 12.3 Å². The topological polar surface area (TPSA) is 37.4 Å². The number of hydrogen-bond acceptors (Lipinski definition) is 2. The van der Waals surface area contributed by atoms with Gasteiger partial charge in [0.2, 0.25) is 5.91 Å². The summed E-state index contributed by atoms with van der Waals surface area (Å²) in [7, 11) is 0. The molecule has 0 saturated carbocycles. The van der Waals surface area contributed by atoms with E-state index in [1.165, 1.54) is 0 Å². The fourth-order valence-electron chi connectivity index (χ4n) is 3.01. The van der Waals surface area contributed by atoms with Crippen LogP contribution in [0.2, 0.25) is 5.02 Å². The van der Waals surface area contributed by atoms with Crippen LogP contribution in [0, 0.1) is 6.92 Å². The predicted molar refractivity (Wildman–Crippen MR) is 110 cm³/mol. The Morgan fingerprint density at radius 3 is 2.73 bits per heavy atom. The summed E-state index contributed by atoms with van der Waals surface area (Å²) in [6.07, 6.45) is 2.57. The Morgan fingerprint density at radius 2 is 2.04 bits per heavy atom. The van der Waals surface area contributed by atoms with Gasteiger partial charge in [0.1, 0.15) is 6.29 Å². The fraction of sp³-hybridized carbons (Fsp3) is 0.143. The Morgan fingerprint density at radius 1 is 1.27 bits per heavy atom. The highest BCUT2D eigenvalue weighted by Gasteiger charge is 2.27. The molecule has 0 aliphatic carbocycles. The third-order valence-electron chi connectivity index (χ3n) is 4.46. The third-order valence-corrected chi connectivity index (χ3v) is 5.63. The minimum absolute atomic E-state index is 0.0383. The van der Waals surface area contributed by atoms with Gasteiger partial charge in [0.05, 0.1) is 18.7 Å². The van der Waals surface area contributed by atoms with E-state index in [4.69, 9.17) is 11.6 Å². The molecule has 0 aromatic heterocycles. The second kappa shape index (κ2) is 7.60. The Labute approximate surface area is 166 Å². The second-order valence-electron chi connectivity index (χ2n) is 6.17. The molecule has 0 saturated heterocycles. The number of hydrogen-bond donors (Lipinski definition) is 0. The van der Waals surface area contributed by atoms with E-state index in [1.54, 1.807) is 23.1 Å². The third kappa shape index (κ3) is 3.53. The molecule has 0 fully saturated rings. The van der Waals surface area contributed by atoms with Crippen molar-refractivity contribution in [1.82, 2.24) is 0 Å². The Balaban J connectivity index is 2.09. The predicted octanol–water partition coefficient (Wildman–Crippen LogP) is 5.53. The van der Waals surface area contributed by atoms with E-state index in [2.05, 4.69) is 22.5 Å². The van der Waals surface area contributed by atoms with E-state index < -0.39 is 0 Å². The van der Waals surface area contributed by atoms with Crippen molar-refractivity contribution in [2.45, 2.75) is 19.9 Å². The smallest absolute Gasteiger partial charge is 0.231 e. The first kappa shape index (κ1) is 18.6. The molecule has 0 radical (unpaired) electrons. The normalized spacial score (nSPS) is 14.1. The van der Waals surface area contributed by atoms with E-state index in [0.717, 1.165) is 28.5 Å². The lowest BCUT2D eigenvalue weighted by molar-refractivity contribution is -0.118. The molecule has 0 spiro atoms. The van der Waals surface area contributed by atoms with Crippen LogP contribution in [0.5, 0.6) is 0 Å². The van der Waals surface area contributed by atoms with Gasteiger partial charge in [-0.1, -0.05) is 42.5 Å². The molecule has 0 atom stereocenters. The summed E-state index contributed by atoms with van der Waals surface area (Å²) in [5.41, 5.74) is 5.03. The number of nitrogens with zero attached hydrogens (tertiary/aromatic N) is 1. The first-order valence-electron chi connectivity index (χ1n) is 8.10. The minimum Gasteiger partial charge on any atom is -0.307 e. The van der Waals surface area contributed by atoms with Gasteiger partial charge in [0, 0.05) is 20.6 Å². The molecular formula is C21H17BrClNO2. The van der Waals surface area contributed by atoms with Crippen molar-refractivity contribution in [2.24, 2.45) is 0 Å². The Hall–Kier alpha value is -2.17. The molecular weight excluding hydrogens is 414 g/mol. The summed E-state index contributed by atoms with van der Waals surface area (Å²) in [6.45, 7) is 6.25. The lowest BCUT2D eigenvalue weighted by Gasteiger charge is -2.24. The van der Waals surface area contributed by atoms with Gasteiger partial charge in [0.15, 0.2) is 0 Å². The molecule has 3 nitrogen and oxygen atoms in total. The monoisotopic (exact) mass is 429 g/mol. The molecule has 26 heavy (non-hydrogen) atoms. The number of aryl methyl sites for hydroxylation is 1. The molecule has 132 valence electrons. The average molecular weight is 431 g/mol. The molecule has 1 aliphatic heterocycles. The number of fused-ring (bicyclic) bond motifs is 1. The molecule has 0 N–H and O–H groups in total. The molecule has 0 bridgehead atoms. The van der Waals surface area contributed by atoms with Crippen LogP contribution in [0.15, 0.2) is 48.6 Å². The maximum atomic E-state index is 12.9. The zero-order valence-electron chi connectivity index (χ0n) is 14.3. The summed E-state index contributed by atoms with van der Waals surface area (Å²) >= 11 is 9.65. The Kier molecular flexibility index (Phi) is 5.44. The molecule has 1 amide bonds. The Bertz CT molecular complexity index is 949. The van der Waals surface area contributed by atoms with Crippen LogP contribution in [0.3, 0.4) is 0 Å².